The second-order valence-electron chi connectivity index (χ2n) is 7.12. The van der Waals surface area contributed by atoms with Gasteiger partial charge in [0, 0.05) is 25.2 Å². The number of hydrogen-bond donors (Lipinski definition) is 0. The van der Waals surface area contributed by atoms with Gasteiger partial charge in [0.1, 0.15) is 5.75 Å². The topological polar surface area (TPSA) is 128 Å². The van der Waals surface area contributed by atoms with E-state index in [-0.39, 0.29) is 11.3 Å². The number of esters is 1. The highest BCUT2D eigenvalue weighted by molar-refractivity contribution is 5.92. The summed E-state index contributed by atoms with van der Waals surface area (Å²) < 4.78 is 5.22. The van der Waals surface area contributed by atoms with Gasteiger partial charge in [0.25, 0.3) is 11.4 Å². The molecule has 0 aliphatic carbocycles. The highest BCUT2D eigenvalue weighted by Crippen LogP contribution is 2.24. The minimum Gasteiger partial charge on any atom is -0.423 e. The molecule has 0 atom stereocenters. The fourth-order valence-electron chi connectivity index (χ4n) is 2.77. The number of hydrazone groups is 1. The van der Waals surface area contributed by atoms with Crippen LogP contribution in [0.2, 0.25) is 0 Å². The van der Waals surface area contributed by atoms with Crippen molar-refractivity contribution in [3.05, 3.63) is 73.8 Å². The first kappa shape index (κ1) is 24.4. The molecule has 0 saturated carbocycles. The van der Waals surface area contributed by atoms with Gasteiger partial charge in [-0.1, -0.05) is 26.7 Å². The Morgan fingerprint density at radius 2 is 1.50 bits per heavy atom. The fourth-order valence-corrected chi connectivity index (χ4v) is 2.77. The molecule has 0 fully saturated rings. The van der Waals surface area contributed by atoms with E-state index in [4.69, 9.17) is 4.74 Å². The highest BCUT2D eigenvalue weighted by atomic mass is 16.6. The lowest BCUT2D eigenvalue weighted by atomic mass is 10.1. The molecule has 0 radical (unpaired) electrons. The molecule has 170 valence electrons. The van der Waals surface area contributed by atoms with Gasteiger partial charge in [0.2, 0.25) is 0 Å². The third kappa shape index (κ3) is 7.46. The third-order valence-corrected chi connectivity index (χ3v) is 4.56. The van der Waals surface area contributed by atoms with Crippen molar-refractivity contribution in [3.8, 4) is 5.75 Å². The summed E-state index contributed by atoms with van der Waals surface area (Å²) >= 11 is 0. The van der Waals surface area contributed by atoms with Crippen LogP contribution in [-0.2, 0) is 0 Å². The number of rotatable bonds is 12. The van der Waals surface area contributed by atoms with Crippen LogP contribution in [0.1, 0.15) is 55.5 Å². The molecule has 0 N–H and O–H groups in total. The smallest absolute Gasteiger partial charge is 0.344 e. The maximum Gasteiger partial charge on any atom is 0.344 e. The first-order chi connectivity index (χ1) is 15.3. The normalized spacial score (nSPS) is 10.8. The number of non-ortho nitro benzene ring substituents is 2. The van der Waals surface area contributed by atoms with Crippen LogP contribution >= 0.6 is 0 Å². The van der Waals surface area contributed by atoms with Crippen LogP contribution in [0.3, 0.4) is 0 Å². The summed E-state index contributed by atoms with van der Waals surface area (Å²) in [5.74, 6) is -0.723. The zero-order chi connectivity index (χ0) is 23.5. The zero-order valence-electron chi connectivity index (χ0n) is 18.1. The average Bonchev–Trinajstić information content (AvgIpc) is 2.79. The molecular weight excluding hydrogens is 416 g/mol. The zero-order valence-corrected chi connectivity index (χ0v) is 18.1. The van der Waals surface area contributed by atoms with Gasteiger partial charge in [-0.25, -0.2) is 4.79 Å². The quantitative estimate of drug-likeness (QED) is 0.149. The fraction of sp³-hybridized carbons (Fsp3) is 0.364. The Bertz CT molecular complexity index is 935. The lowest BCUT2D eigenvalue weighted by Crippen LogP contribution is -2.20. The number of carbonyl (C=O) groups is 1. The van der Waals surface area contributed by atoms with Gasteiger partial charge in [-0.2, -0.15) is 5.10 Å². The molecular formula is C22H26N4O6. The molecule has 0 aliphatic heterocycles. The Labute approximate surface area is 185 Å². The van der Waals surface area contributed by atoms with Crippen LogP contribution in [0.15, 0.2) is 47.6 Å². The first-order valence-corrected chi connectivity index (χ1v) is 10.4. The van der Waals surface area contributed by atoms with Gasteiger partial charge in [-0.15, -0.1) is 0 Å². The van der Waals surface area contributed by atoms with Crippen LogP contribution in [0.4, 0.5) is 11.4 Å². The van der Waals surface area contributed by atoms with E-state index >= 15 is 0 Å². The molecule has 2 aromatic rings. The van der Waals surface area contributed by atoms with Gasteiger partial charge >= 0.3 is 5.97 Å². The van der Waals surface area contributed by atoms with Crippen molar-refractivity contribution in [2.45, 2.75) is 39.5 Å². The van der Waals surface area contributed by atoms with Gasteiger partial charge in [0.05, 0.1) is 27.7 Å². The van der Waals surface area contributed by atoms with Crippen LogP contribution in [-0.4, -0.2) is 40.1 Å². The Morgan fingerprint density at radius 3 is 1.97 bits per heavy atom. The monoisotopic (exact) mass is 442 g/mol. The number of nitro groups is 2. The molecule has 10 heteroatoms. The van der Waals surface area contributed by atoms with E-state index in [9.17, 15) is 25.0 Å². The number of nitrogens with zero attached hydrogens (tertiary/aromatic N) is 4. The van der Waals surface area contributed by atoms with E-state index in [0.29, 0.717) is 0 Å². The molecule has 0 bridgehead atoms. The van der Waals surface area contributed by atoms with E-state index in [1.54, 1.807) is 30.5 Å². The molecule has 0 amide bonds. The molecule has 2 rings (SSSR count). The van der Waals surface area contributed by atoms with Gasteiger partial charge in [0.15, 0.2) is 0 Å². The lowest BCUT2D eigenvalue weighted by molar-refractivity contribution is -0.394. The molecule has 0 heterocycles. The minimum absolute atomic E-state index is 0.204. The van der Waals surface area contributed by atoms with E-state index in [2.05, 4.69) is 18.9 Å². The predicted molar refractivity (Wildman–Crippen MR) is 120 cm³/mol. The second kappa shape index (κ2) is 12.1. The molecule has 0 aliphatic rings. The Kier molecular flexibility index (Phi) is 9.27. The van der Waals surface area contributed by atoms with Crippen LogP contribution < -0.4 is 4.74 Å². The number of hydrogen-bond acceptors (Lipinski definition) is 8. The molecule has 0 aromatic heterocycles. The van der Waals surface area contributed by atoms with Gasteiger partial charge < -0.3 is 4.74 Å². The molecule has 0 spiro atoms. The first-order valence-electron chi connectivity index (χ1n) is 10.4. The summed E-state index contributed by atoms with van der Waals surface area (Å²) in [6, 6.07) is 9.24. The van der Waals surface area contributed by atoms with Crippen molar-refractivity contribution in [3.63, 3.8) is 0 Å². The summed E-state index contributed by atoms with van der Waals surface area (Å²) in [6.45, 7) is 6.04. The van der Waals surface area contributed by atoms with Crippen molar-refractivity contribution < 1.29 is 19.4 Å². The SMILES string of the molecule is CCCCN(CCCC)/N=C/c1ccc(OC(=O)c2cc([N+](=O)[O-])cc([N+](=O)[O-])c2)cc1. The summed E-state index contributed by atoms with van der Waals surface area (Å²) in [5.41, 5.74) is -0.588. The second-order valence-corrected chi connectivity index (χ2v) is 7.12. The number of carbonyl (C=O) groups excluding carboxylic acids is 1. The van der Waals surface area contributed by atoms with Crippen molar-refractivity contribution in [2.24, 2.45) is 5.10 Å². The highest BCUT2D eigenvalue weighted by Gasteiger charge is 2.21. The van der Waals surface area contributed by atoms with Gasteiger partial charge in [-0.3, -0.25) is 25.2 Å². The minimum atomic E-state index is -0.927. The van der Waals surface area contributed by atoms with E-state index in [1.807, 2.05) is 5.01 Å². The van der Waals surface area contributed by atoms with Crippen LogP contribution in [0.5, 0.6) is 5.75 Å². The summed E-state index contributed by atoms with van der Waals surface area (Å²) in [7, 11) is 0. The Morgan fingerprint density at radius 1 is 0.969 bits per heavy atom. The van der Waals surface area contributed by atoms with E-state index in [1.165, 1.54) is 0 Å². The number of unbranched alkanes of at least 4 members (excludes halogenated alkanes) is 2. The lowest BCUT2D eigenvalue weighted by Gasteiger charge is -2.18. The summed E-state index contributed by atoms with van der Waals surface area (Å²) in [6.07, 6.45) is 6.04. The Hall–Kier alpha value is -3.82. The van der Waals surface area contributed by atoms with Crippen LogP contribution in [0, 0.1) is 20.2 Å². The maximum absolute atomic E-state index is 12.4. The standard InChI is InChI=1S/C22H26N4O6/c1-3-5-11-24(12-6-4-2)23-16-17-7-9-21(10-8-17)32-22(27)18-13-19(25(28)29)15-20(14-18)26(30)31/h7-10,13-16H,3-6,11-12H2,1-2H3/b23-16+. The van der Waals surface area contributed by atoms with Crippen LogP contribution in [0.25, 0.3) is 0 Å². The number of ether oxygens (including phenoxy) is 1. The summed E-state index contributed by atoms with van der Waals surface area (Å²) in [4.78, 5) is 32.7. The van der Waals surface area contributed by atoms with E-state index in [0.717, 1.165) is 62.5 Å². The van der Waals surface area contributed by atoms with Crippen molar-refractivity contribution in [1.82, 2.24) is 5.01 Å². The van der Waals surface area contributed by atoms with Crippen molar-refractivity contribution in [2.75, 3.05) is 13.1 Å². The van der Waals surface area contributed by atoms with E-state index < -0.39 is 27.2 Å². The largest absolute Gasteiger partial charge is 0.423 e. The maximum atomic E-state index is 12.4. The molecule has 32 heavy (non-hydrogen) atoms. The molecule has 2 aromatic carbocycles. The third-order valence-electron chi connectivity index (χ3n) is 4.56. The number of nitro benzene ring substituents is 2. The summed E-state index contributed by atoms with van der Waals surface area (Å²) in [5, 5.41) is 28.5. The average molecular weight is 442 g/mol. The van der Waals surface area contributed by atoms with Gasteiger partial charge in [-0.05, 0) is 42.7 Å². The number of benzene rings is 2. The molecule has 10 nitrogen and oxygen atoms in total. The predicted octanol–water partition coefficient (Wildman–Crippen LogP) is 4.96. The van der Waals surface area contributed by atoms with Crippen molar-refractivity contribution in [1.29, 1.82) is 0 Å². The molecule has 0 saturated heterocycles. The van der Waals surface area contributed by atoms with Crippen molar-refractivity contribution >= 4 is 23.6 Å². The molecule has 0 unspecified atom stereocenters. The Balaban J connectivity index is 2.09.